The molecular weight excluding hydrogens is 326 g/mol. The molecule has 0 atom stereocenters. The number of para-hydroxylation sites is 1. The molecular formula is C20H23N5O. The van der Waals surface area contributed by atoms with Crippen LogP contribution >= 0.6 is 0 Å². The van der Waals surface area contributed by atoms with E-state index in [9.17, 15) is 0 Å². The molecule has 0 saturated heterocycles. The van der Waals surface area contributed by atoms with Crippen molar-refractivity contribution < 1.29 is 4.74 Å². The third-order valence-electron chi connectivity index (χ3n) is 4.13. The molecule has 0 amide bonds. The minimum atomic E-state index is 0.463. The van der Waals surface area contributed by atoms with Gasteiger partial charge in [0.1, 0.15) is 5.75 Å². The monoisotopic (exact) mass is 349 g/mol. The first-order chi connectivity index (χ1) is 12.6. The third-order valence-corrected chi connectivity index (χ3v) is 4.13. The molecule has 0 saturated carbocycles. The predicted octanol–water partition coefficient (Wildman–Crippen LogP) is 4.16. The van der Waals surface area contributed by atoms with Crippen LogP contribution in [0.15, 0.2) is 42.6 Å². The number of nitrogens with one attached hydrogen (secondary N) is 2. The number of hydrogen-bond acceptors (Lipinski definition) is 6. The number of methoxy groups -OCH3 is 1. The normalized spacial score (nSPS) is 10.5. The Labute approximate surface area is 153 Å². The maximum Gasteiger partial charge on any atom is 0.249 e. The van der Waals surface area contributed by atoms with E-state index in [-0.39, 0.29) is 0 Å². The topological polar surface area (TPSA) is 72.0 Å². The highest BCUT2D eigenvalue weighted by molar-refractivity contribution is 5.64. The van der Waals surface area contributed by atoms with Gasteiger partial charge in [0.15, 0.2) is 5.82 Å². The Morgan fingerprint density at radius 3 is 2.50 bits per heavy atom. The molecule has 6 heteroatoms. The Kier molecular flexibility index (Phi) is 5.31. The molecule has 3 aromatic rings. The van der Waals surface area contributed by atoms with Gasteiger partial charge in [0, 0.05) is 17.8 Å². The first kappa shape index (κ1) is 17.7. The second kappa shape index (κ2) is 7.82. The maximum absolute atomic E-state index is 5.37. The summed E-state index contributed by atoms with van der Waals surface area (Å²) in [5.41, 5.74) is 5.60. The summed E-state index contributed by atoms with van der Waals surface area (Å²) in [5, 5.41) is 14.7. The average molecular weight is 349 g/mol. The fourth-order valence-corrected chi connectivity index (χ4v) is 2.97. The molecule has 2 aromatic carbocycles. The van der Waals surface area contributed by atoms with Gasteiger partial charge < -0.3 is 15.4 Å². The Bertz CT molecular complexity index is 887. The zero-order valence-electron chi connectivity index (χ0n) is 15.5. The van der Waals surface area contributed by atoms with Crippen molar-refractivity contribution in [3.8, 4) is 5.75 Å². The number of anilines is 3. The number of hydrogen-bond donors (Lipinski definition) is 2. The summed E-state index contributed by atoms with van der Waals surface area (Å²) in [5.74, 6) is 1.95. The molecule has 3 rings (SSSR count). The van der Waals surface area contributed by atoms with Crippen molar-refractivity contribution in [1.29, 1.82) is 0 Å². The summed E-state index contributed by atoms with van der Waals surface area (Å²) in [6.45, 7) is 6.81. The van der Waals surface area contributed by atoms with E-state index >= 15 is 0 Å². The number of nitrogens with zero attached hydrogens (tertiary/aromatic N) is 3. The van der Waals surface area contributed by atoms with E-state index < -0.39 is 0 Å². The smallest absolute Gasteiger partial charge is 0.249 e. The van der Waals surface area contributed by atoms with Gasteiger partial charge in [-0.25, -0.2) is 0 Å². The van der Waals surface area contributed by atoms with E-state index in [1.165, 1.54) is 5.56 Å². The van der Waals surface area contributed by atoms with Crippen molar-refractivity contribution in [3.05, 3.63) is 64.8 Å². The lowest BCUT2D eigenvalue weighted by molar-refractivity contribution is 0.410. The van der Waals surface area contributed by atoms with Crippen LogP contribution in [0.25, 0.3) is 0 Å². The third kappa shape index (κ3) is 4.08. The van der Waals surface area contributed by atoms with Gasteiger partial charge in [0.25, 0.3) is 0 Å². The standard InChI is InChI=1S/C20H23N5O/c1-13-9-14(2)19(15(3)10-13)24-20-23-18(12-22-25-20)21-11-16-7-5-6-8-17(16)26-4/h5-10,12H,11H2,1-4H3,(H2,21,23,24,25). The van der Waals surface area contributed by atoms with Crippen LogP contribution in [-0.2, 0) is 6.54 Å². The molecule has 0 unspecified atom stereocenters. The molecule has 0 radical (unpaired) electrons. The van der Waals surface area contributed by atoms with Crippen molar-refractivity contribution in [1.82, 2.24) is 15.2 Å². The van der Waals surface area contributed by atoms with E-state index in [1.807, 2.05) is 24.3 Å². The van der Waals surface area contributed by atoms with Gasteiger partial charge in [-0.2, -0.15) is 10.1 Å². The number of benzene rings is 2. The summed E-state index contributed by atoms with van der Waals surface area (Å²) in [6.07, 6.45) is 1.61. The molecule has 0 spiro atoms. The molecule has 26 heavy (non-hydrogen) atoms. The van der Waals surface area contributed by atoms with Crippen LogP contribution in [0, 0.1) is 20.8 Å². The van der Waals surface area contributed by atoms with Gasteiger partial charge in [-0.15, -0.1) is 5.10 Å². The molecule has 0 fully saturated rings. The van der Waals surface area contributed by atoms with Crippen molar-refractivity contribution in [2.45, 2.75) is 27.3 Å². The number of aryl methyl sites for hydroxylation is 3. The summed E-state index contributed by atoms with van der Waals surface area (Å²) in [4.78, 5) is 4.51. The first-order valence-corrected chi connectivity index (χ1v) is 8.47. The number of ether oxygens (including phenoxy) is 1. The van der Waals surface area contributed by atoms with Crippen LogP contribution < -0.4 is 15.4 Å². The lowest BCUT2D eigenvalue weighted by atomic mass is 10.1. The molecule has 0 aliphatic rings. The second-order valence-electron chi connectivity index (χ2n) is 6.23. The van der Waals surface area contributed by atoms with Gasteiger partial charge in [0.2, 0.25) is 5.95 Å². The SMILES string of the molecule is COc1ccccc1CNc1cnnc(Nc2c(C)cc(C)cc2C)n1. The molecule has 0 bridgehead atoms. The maximum atomic E-state index is 5.37. The van der Waals surface area contributed by atoms with Crippen molar-refractivity contribution >= 4 is 17.5 Å². The van der Waals surface area contributed by atoms with Gasteiger partial charge in [-0.05, 0) is 38.0 Å². The highest BCUT2D eigenvalue weighted by Crippen LogP contribution is 2.24. The van der Waals surface area contributed by atoms with Gasteiger partial charge in [-0.3, -0.25) is 0 Å². The molecule has 2 N–H and O–H groups in total. The lowest BCUT2D eigenvalue weighted by Gasteiger charge is -2.13. The highest BCUT2D eigenvalue weighted by Gasteiger charge is 2.08. The Balaban J connectivity index is 1.75. The highest BCUT2D eigenvalue weighted by atomic mass is 16.5. The van der Waals surface area contributed by atoms with Crippen LogP contribution in [0.2, 0.25) is 0 Å². The van der Waals surface area contributed by atoms with E-state index in [2.05, 4.69) is 58.7 Å². The first-order valence-electron chi connectivity index (χ1n) is 8.47. The minimum Gasteiger partial charge on any atom is -0.496 e. The second-order valence-corrected chi connectivity index (χ2v) is 6.23. The Morgan fingerprint density at radius 1 is 1.04 bits per heavy atom. The number of aromatic nitrogens is 3. The van der Waals surface area contributed by atoms with Crippen LogP contribution in [0.3, 0.4) is 0 Å². The summed E-state index contributed by atoms with van der Waals surface area (Å²) in [6, 6.07) is 12.1. The summed E-state index contributed by atoms with van der Waals surface area (Å²) in [7, 11) is 1.67. The van der Waals surface area contributed by atoms with Crippen LogP contribution in [-0.4, -0.2) is 22.3 Å². The Morgan fingerprint density at radius 2 is 1.77 bits per heavy atom. The van der Waals surface area contributed by atoms with Crippen LogP contribution in [0.5, 0.6) is 5.75 Å². The molecule has 0 aliphatic carbocycles. The van der Waals surface area contributed by atoms with Gasteiger partial charge in [0.05, 0.1) is 13.3 Å². The zero-order valence-corrected chi connectivity index (χ0v) is 15.5. The van der Waals surface area contributed by atoms with Crippen LogP contribution in [0.4, 0.5) is 17.5 Å². The Hall–Kier alpha value is -3.15. The minimum absolute atomic E-state index is 0.463. The quantitative estimate of drug-likeness (QED) is 0.696. The van der Waals surface area contributed by atoms with Crippen molar-refractivity contribution in [3.63, 3.8) is 0 Å². The predicted molar refractivity (Wildman–Crippen MR) is 104 cm³/mol. The fraction of sp³-hybridized carbons (Fsp3) is 0.250. The average Bonchev–Trinajstić information content (AvgIpc) is 2.63. The molecule has 1 heterocycles. The fourth-order valence-electron chi connectivity index (χ4n) is 2.97. The lowest BCUT2D eigenvalue weighted by Crippen LogP contribution is -2.07. The van der Waals surface area contributed by atoms with E-state index in [0.29, 0.717) is 18.3 Å². The van der Waals surface area contributed by atoms with E-state index in [0.717, 1.165) is 28.1 Å². The summed E-state index contributed by atoms with van der Waals surface area (Å²) >= 11 is 0. The van der Waals surface area contributed by atoms with E-state index in [1.54, 1.807) is 13.3 Å². The van der Waals surface area contributed by atoms with Gasteiger partial charge in [-0.1, -0.05) is 35.9 Å². The van der Waals surface area contributed by atoms with Crippen LogP contribution in [0.1, 0.15) is 22.3 Å². The molecule has 6 nitrogen and oxygen atoms in total. The number of rotatable bonds is 6. The van der Waals surface area contributed by atoms with E-state index in [4.69, 9.17) is 4.74 Å². The van der Waals surface area contributed by atoms with Gasteiger partial charge >= 0.3 is 0 Å². The largest absolute Gasteiger partial charge is 0.496 e. The van der Waals surface area contributed by atoms with Crippen molar-refractivity contribution in [2.75, 3.05) is 17.7 Å². The zero-order chi connectivity index (χ0) is 18.5. The summed E-state index contributed by atoms with van der Waals surface area (Å²) < 4.78 is 5.37. The molecule has 0 aliphatic heterocycles. The molecule has 1 aromatic heterocycles. The van der Waals surface area contributed by atoms with Crippen molar-refractivity contribution in [2.24, 2.45) is 0 Å². The molecule has 134 valence electrons.